The first-order valence-electron chi connectivity index (χ1n) is 6.44. The van der Waals surface area contributed by atoms with Crippen LogP contribution in [0.4, 0.5) is 8.78 Å². The average molecular weight is 282 g/mol. The van der Waals surface area contributed by atoms with E-state index in [-0.39, 0.29) is 31.7 Å². The third-order valence-corrected chi connectivity index (χ3v) is 6.34. The Morgan fingerprint density at radius 3 is 2.06 bits per heavy atom. The molecule has 1 saturated heterocycles. The van der Waals surface area contributed by atoms with Gasteiger partial charge in [-0.2, -0.15) is 0 Å². The van der Waals surface area contributed by atoms with Gasteiger partial charge in [0.15, 0.2) is 0 Å². The highest BCUT2D eigenvalue weighted by molar-refractivity contribution is 7.89. The molecule has 1 heterocycles. The van der Waals surface area contributed by atoms with Crippen molar-refractivity contribution in [2.75, 3.05) is 13.1 Å². The molecule has 0 bridgehead atoms. The molecule has 0 amide bonds. The second-order valence-electron chi connectivity index (χ2n) is 5.34. The summed E-state index contributed by atoms with van der Waals surface area (Å²) in [5.41, 5.74) is 5.73. The molecule has 1 aliphatic carbocycles. The van der Waals surface area contributed by atoms with Crippen molar-refractivity contribution in [1.82, 2.24) is 4.31 Å². The Kier molecular flexibility index (Phi) is 3.94. The zero-order valence-corrected chi connectivity index (χ0v) is 11.1. The Morgan fingerprint density at radius 2 is 1.56 bits per heavy atom. The van der Waals surface area contributed by atoms with Gasteiger partial charge in [-0.3, -0.25) is 0 Å². The van der Waals surface area contributed by atoms with Gasteiger partial charge in [0.25, 0.3) is 0 Å². The largest absolute Gasteiger partial charge is 0.328 e. The summed E-state index contributed by atoms with van der Waals surface area (Å²) in [6.07, 6.45) is 0.814. The van der Waals surface area contributed by atoms with E-state index in [0.717, 1.165) is 0 Å². The van der Waals surface area contributed by atoms with E-state index in [4.69, 9.17) is 5.73 Å². The molecule has 7 heteroatoms. The highest BCUT2D eigenvalue weighted by atomic mass is 32.2. The molecule has 0 radical (unpaired) electrons. The quantitative estimate of drug-likeness (QED) is 0.830. The fourth-order valence-corrected chi connectivity index (χ4v) is 4.63. The van der Waals surface area contributed by atoms with Gasteiger partial charge in [-0.1, -0.05) is 0 Å². The second kappa shape index (κ2) is 5.02. The van der Waals surface area contributed by atoms with E-state index < -0.39 is 21.2 Å². The van der Waals surface area contributed by atoms with Crippen LogP contribution in [0, 0.1) is 0 Å². The van der Waals surface area contributed by atoms with E-state index in [0.29, 0.717) is 25.9 Å². The maximum atomic E-state index is 13.0. The summed E-state index contributed by atoms with van der Waals surface area (Å²) in [7, 11) is -3.41. The molecule has 18 heavy (non-hydrogen) atoms. The van der Waals surface area contributed by atoms with E-state index in [2.05, 4.69) is 0 Å². The van der Waals surface area contributed by atoms with Crippen LogP contribution < -0.4 is 5.73 Å². The Balaban J connectivity index is 1.99. The number of nitrogens with zero attached hydrogens (tertiary/aromatic N) is 1. The topological polar surface area (TPSA) is 63.4 Å². The predicted molar refractivity (Wildman–Crippen MR) is 64.9 cm³/mol. The van der Waals surface area contributed by atoms with Crippen LogP contribution in [0.2, 0.25) is 0 Å². The lowest BCUT2D eigenvalue weighted by molar-refractivity contribution is -0.0331. The Bertz CT molecular complexity index is 382. The van der Waals surface area contributed by atoms with Gasteiger partial charge in [0.1, 0.15) is 0 Å². The lowest BCUT2D eigenvalue weighted by atomic mass is 9.96. The zero-order chi connectivity index (χ0) is 13.4. The van der Waals surface area contributed by atoms with Crippen molar-refractivity contribution in [2.24, 2.45) is 5.73 Å². The SMILES string of the molecule is NC1CCN(S(=O)(=O)C2CCC(F)(F)CC2)CC1. The van der Waals surface area contributed by atoms with Crippen LogP contribution >= 0.6 is 0 Å². The summed E-state index contributed by atoms with van der Waals surface area (Å²) >= 11 is 0. The Hall–Kier alpha value is -0.270. The molecule has 0 unspecified atom stereocenters. The molecule has 0 aromatic heterocycles. The molecule has 2 fully saturated rings. The summed E-state index contributed by atoms with van der Waals surface area (Å²) in [6.45, 7) is 0.854. The number of hydrogen-bond donors (Lipinski definition) is 1. The molecule has 0 atom stereocenters. The van der Waals surface area contributed by atoms with E-state index in [1.165, 1.54) is 4.31 Å². The maximum Gasteiger partial charge on any atom is 0.248 e. The third kappa shape index (κ3) is 3.00. The normalized spacial score (nSPS) is 28.4. The van der Waals surface area contributed by atoms with Gasteiger partial charge in [-0.05, 0) is 25.7 Å². The lowest BCUT2D eigenvalue weighted by Gasteiger charge is -2.35. The number of sulfonamides is 1. The second-order valence-corrected chi connectivity index (χ2v) is 7.55. The third-order valence-electron chi connectivity index (χ3n) is 3.94. The number of nitrogens with two attached hydrogens (primary N) is 1. The van der Waals surface area contributed by atoms with Crippen LogP contribution in [0.25, 0.3) is 0 Å². The fraction of sp³-hybridized carbons (Fsp3) is 1.00. The zero-order valence-electron chi connectivity index (χ0n) is 10.3. The van der Waals surface area contributed by atoms with Crippen molar-refractivity contribution in [1.29, 1.82) is 0 Å². The molecule has 2 aliphatic rings. The molecule has 1 aliphatic heterocycles. The van der Waals surface area contributed by atoms with Gasteiger partial charge in [0.2, 0.25) is 15.9 Å². The minimum Gasteiger partial charge on any atom is -0.328 e. The first-order chi connectivity index (χ1) is 8.31. The summed E-state index contributed by atoms with van der Waals surface area (Å²) in [5.74, 6) is -2.68. The lowest BCUT2D eigenvalue weighted by Crippen LogP contribution is -2.47. The van der Waals surface area contributed by atoms with E-state index in [9.17, 15) is 17.2 Å². The molecule has 1 saturated carbocycles. The van der Waals surface area contributed by atoms with Gasteiger partial charge >= 0.3 is 0 Å². The highest BCUT2D eigenvalue weighted by Crippen LogP contribution is 2.36. The van der Waals surface area contributed by atoms with Gasteiger partial charge < -0.3 is 5.73 Å². The first-order valence-corrected chi connectivity index (χ1v) is 7.94. The number of halogens is 2. The minimum absolute atomic E-state index is 0.0622. The molecule has 106 valence electrons. The Labute approximate surface area is 107 Å². The summed E-state index contributed by atoms with van der Waals surface area (Å²) in [5, 5.41) is -0.633. The van der Waals surface area contributed by atoms with Gasteiger partial charge in [-0.15, -0.1) is 0 Å². The molecule has 0 aromatic carbocycles. The molecule has 0 spiro atoms. The van der Waals surface area contributed by atoms with E-state index in [1.807, 2.05) is 0 Å². The minimum atomic E-state index is -3.41. The summed E-state index contributed by atoms with van der Waals surface area (Å²) in [6, 6.07) is 0.0622. The van der Waals surface area contributed by atoms with Gasteiger partial charge in [0, 0.05) is 32.0 Å². The fourth-order valence-electron chi connectivity index (χ4n) is 2.65. The predicted octanol–water partition coefficient (Wildman–Crippen LogP) is 1.32. The van der Waals surface area contributed by atoms with Crippen LogP contribution in [0.5, 0.6) is 0 Å². The van der Waals surface area contributed by atoms with Crippen molar-refractivity contribution >= 4 is 10.0 Å². The van der Waals surface area contributed by atoms with Gasteiger partial charge in [-0.25, -0.2) is 21.5 Å². The molecule has 2 rings (SSSR count). The summed E-state index contributed by atoms with van der Waals surface area (Å²) in [4.78, 5) is 0. The van der Waals surface area contributed by atoms with Crippen LogP contribution in [0.1, 0.15) is 38.5 Å². The van der Waals surface area contributed by atoms with Crippen LogP contribution in [0.15, 0.2) is 0 Å². The van der Waals surface area contributed by atoms with Crippen molar-refractivity contribution < 1.29 is 17.2 Å². The number of piperidine rings is 1. The molecule has 0 aromatic rings. The molecular weight excluding hydrogens is 262 g/mol. The molecule has 4 nitrogen and oxygen atoms in total. The average Bonchev–Trinajstić information content (AvgIpc) is 2.29. The molecule has 2 N–H and O–H groups in total. The van der Waals surface area contributed by atoms with Crippen LogP contribution in [-0.2, 0) is 10.0 Å². The van der Waals surface area contributed by atoms with Crippen molar-refractivity contribution in [3.8, 4) is 0 Å². The van der Waals surface area contributed by atoms with Crippen molar-refractivity contribution in [2.45, 2.75) is 55.7 Å². The van der Waals surface area contributed by atoms with Crippen molar-refractivity contribution in [3.63, 3.8) is 0 Å². The molecular formula is C11H20F2N2O2S. The highest BCUT2D eigenvalue weighted by Gasteiger charge is 2.42. The number of hydrogen-bond acceptors (Lipinski definition) is 3. The number of rotatable bonds is 2. The standard InChI is InChI=1S/C11H20F2N2O2S/c12-11(13)5-1-10(2-6-11)18(16,17)15-7-3-9(14)4-8-15/h9-10H,1-8,14H2. The summed E-state index contributed by atoms with van der Waals surface area (Å²) < 4.78 is 52.1. The monoisotopic (exact) mass is 282 g/mol. The van der Waals surface area contributed by atoms with E-state index >= 15 is 0 Å². The maximum absolute atomic E-state index is 13.0. The van der Waals surface area contributed by atoms with Crippen molar-refractivity contribution in [3.05, 3.63) is 0 Å². The van der Waals surface area contributed by atoms with E-state index in [1.54, 1.807) is 0 Å². The van der Waals surface area contributed by atoms with Crippen LogP contribution in [0.3, 0.4) is 0 Å². The number of alkyl halides is 2. The Morgan fingerprint density at radius 1 is 1.06 bits per heavy atom. The smallest absolute Gasteiger partial charge is 0.248 e. The van der Waals surface area contributed by atoms with Crippen LogP contribution in [-0.4, -0.2) is 43.0 Å². The van der Waals surface area contributed by atoms with Gasteiger partial charge in [0.05, 0.1) is 5.25 Å². The first kappa shape index (κ1) is 14.1.